The summed E-state index contributed by atoms with van der Waals surface area (Å²) in [5.41, 5.74) is 2.32. The molecule has 0 aliphatic carbocycles. The van der Waals surface area contributed by atoms with Gasteiger partial charge in [-0.3, -0.25) is 23.8 Å². The van der Waals surface area contributed by atoms with E-state index in [0.29, 0.717) is 34.9 Å². The molecule has 2 unspecified atom stereocenters. The second kappa shape index (κ2) is 11.2. The molecular formula is C22H26N8O4P2. The van der Waals surface area contributed by atoms with Gasteiger partial charge in [0.05, 0.1) is 29.6 Å². The molecule has 3 rings (SSSR count). The Labute approximate surface area is 212 Å². The number of carbonyl (C=O) groups excluding carboxylic acids is 4. The maximum absolute atomic E-state index is 12.9. The highest BCUT2D eigenvalue weighted by Crippen LogP contribution is 2.22. The van der Waals surface area contributed by atoms with Gasteiger partial charge in [0.15, 0.2) is 0 Å². The lowest BCUT2D eigenvalue weighted by atomic mass is 10.3. The Morgan fingerprint density at radius 1 is 0.917 bits per heavy atom. The first-order valence-corrected chi connectivity index (χ1v) is 11.6. The van der Waals surface area contributed by atoms with E-state index in [2.05, 4.69) is 29.4 Å². The molecule has 0 saturated carbocycles. The normalized spacial score (nSPS) is 10.4. The van der Waals surface area contributed by atoms with Crippen LogP contribution in [0.15, 0.2) is 36.8 Å². The molecule has 2 atom stereocenters. The molecule has 3 aromatic heterocycles. The predicted molar refractivity (Wildman–Crippen MR) is 141 cm³/mol. The van der Waals surface area contributed by atoms with E-state index in [1.165, 1.54) is 15.4 Å². The summed E-state index contributed by atoms with van der Waals surface area (Å²) in [4.78, 5) is 49.2. The van der Waals surface area contributed by atoms with Gasteiger partial charge in [0.2, 0.25) is 6.41 Å². The Hall–Kier alpha value is -3.93. The molecule has 0 aliphatic rings. The van der Waals surface area contributed by atoms with E-state index >= 15 is 0 Å². The first-order chi connectivity index (χ1) is 17.0. The number of nitriles is 1. The summed E-state index contributed by atoms with van der Waals surface area (Å²) < 4.78 is 7.38. The molecule has 188 valence electrons. The van der Waals surface area contributed by atoms with Crippen LogP contribution in [0.25, 0.3) is 0 Å². The maximum Gasteiger partial charge on any atom is 0.273 e. The van der Waals surface area contributed by atoms with Crippen molar-refractivity contribution in [1.29, 1.82) is 5.26 Å². The van der Waals surface area contributed by atoms with Gasteiger partial charge in [0.25, 0.3) is 17.7 Å². The van der Waals surface area contributed by atoms with Crippen LogP contribution in [0.5, 0.6) is 0 Å². The minimum atomic E-state index is -0.430. The molecule has 0 radical (unpaired) electrons. The quantitative estimate of drug-likeness (QED) is 0.324. The van der Waals surface area contributed by atoms with Crippen molar-refractivity contribution < 1.29 is 19.2 Å². The van der Waals surface area contributed by atoms with E-state index in [1.54, 1.807) is 65.6 Å². The third-order valence-corrected chi connectivity index (χ3v) is 6.25. The summed E-state index contributed by atoms with van der Waals surface area (Å²) >= 11 is 0. The Morgan fingerprint density at radius 3 is 1.97 bits per heavy atom. The highest BCUT2D eigenvalue weighted by atomic mass is 31.0. The molecule has 3 aromatic rings. The van der Waals surface area contributed by atoms with Crippen LogP contribution in [0.4, 0.5) is 17.1 Å². The van der Waals surface area contributed by atoms with Crippen molar-refractivity contribution in [3.05, 3.63) is 53.9 Å². The Bertz CT molecular complexity index is 1370. The van der Waals surface area contributed by atoms with Crippen molar-refractivity contribution in [3.8, 4) is 6.07 Å². The molecule has 4 amide bonds. The van der Waals surface area contributed by atoms with Crippen molar-refractivity contribution in [2.45, 2.75) is 6.42 Å². The third kappa shape index (κ3) is 5.82. The number of aromatic nitrogens is 3. The number of nitrogens with one attached hydrogen (secondary N) is 2. The van der Waals surface area contributed by atoms with Crippen LogP contribution in [-0.2, 0) is 25.9 Å². The van der Waals surface area contributed by atoms with Crippen molar-refractivity contribution in [1.82, 2.24) is 18.4 Å². The highest BCUT2D eigenvalue weighted by molar-refractivity contribution is 7.20. The lowest BCUT2D eigenvalue weighted by Gasteiger charge is -2.15. The van der Waals surface area contributed by atoms with Gasteiger partial charge in [0.1, 0.15) is 17.1 Å². The Morgan fingerprint density at radius 2 is 1.42 bits per heavy atom. The molecule has 3 heterocycles. The zero-order valence-electron chi connectivity index (χ0n) is 19.9. The van der Waals surface area contributed by atoms with Gasteiger partial charge in [-0.2, -0.15) is 5.26 Å². The summed E-state index contributed by atoms with van der Waals surface area (Å²) in [5.74, 6) is -1.14. The van der Waals surface area contributed by atoms with Crippen LogP contribution in [0.2, 0.25) is 0 Å². The molecule has 14 heteroatoms. The SMILES string of the molecule is Cn1cc(NC(=O)c2cc(N(P)C=O)cn2C)cc1C(=O)Nc1cc(C(=O)N(P)CCC#N)n(C)c1. The second-order valence-electron chi connectivity index (χ2n) is 7.97. The van der Waals surface area contributed by atoms with Gasteiger partial charge in [-0.05, 0) is 37.0 Å². The van der Waals surface area contributed by atoms with Gasteiger partial charge in [-0.15, -0.1) is 0 Å². The van der Waals surface area contributed by atoms with Crippen molar-refractivity contribution in [2.24, 2.45) is 21.1 Å². The summed E-state index contributed by atoms with van der Waals surface area (Å²) in [7, 11) is 9.58. The van der Waals surface area contributed by atoms with E-state index in [-0.39, 0.29) is 24.6 Å². The third-order valence-electron chi connectivity index (χ3n) is 5.34. The van der Waals surface area contributed by atoms with Gasteiger partial charge in [-0.1, -0.05) is 0 Å². The smallest absolute Gasteiger partial charge is 0.273 e. The summed E-state index contributed by atoms with van der Waals surface area (Å²) in [6, 6.07) is 6.65. The second-order valence-corrected chi connectivity index (χ2v) is 9.15. The first-order valence-electron chi connectivity index (χ1n) is 10.6. The number of nitrogens with zero attached hydrogens (tertiary/aromatic N) is 6. The van der Waals surface area contributed by atoms with Gasteiger partial charge in [-0.25, -0.2) is 0 Å². The average molecular weight is 528 g/mol. The van der Waals surface area contributed by atoms with Crippen LogP contribution in [0.3, 0.4) is 0 Å². The fourth-order valence-corrected chi connectivity index (χ4v) is 3.89. The molecule has 0 spiro atoms. The fourth-order valence-electron chi connectivity index (χ4n) is 3.49. The molecule has 0 fully saturated rings. The van der Waals surface area contributed by atoms with Crippen LogP contribution in [0.1, 0.15) is 37.9 Å². The summed E-state index contributed by atoms with van der Waals surface area (Å²) in [6.07, 6.45) is 5.67. The van der Waals surface area contributed by atoms with Crippen LogP contribution in [0, 0.1) is 11.3 Å². The van der Waals surface area contributed by atoms with Crippen LogP contribution in [-0.4, -0.2) is 49.0 Å². The number of hydrogen-bond donors (Lipinski definition) is 2. The van der Waals surface area contributed by atoms with Crippen LogP contribution < -0.4 is 15.3 Å². The molecule has 0 bridgehead atoms. The first kappa shape index (κ1) is 26.7. The fraction of sp³-hybridized carbons (Fsp3) is 0.227. The monoisotopic (exact) mass is 528 g/mol. The predicted octanol–water partition coefficient (Wildman–Crippen LogP) is 2.11. The largest absolute Gasteiger partial charge is 0.344 e. The summed E-state index contributed by atoms with van der Waals surface area (Å²) in [6.45, 7) is 0.265. The van der Waals surface area contributed by atoms with Gasteiger partial charge >= 0.3 is 0 Å². The number of amides is 4. The number of anilines is 3. The lowest BCUT2D eigenvalue weighted by Crippen LogP contribution is -2.23. The van der Waals surface area contributed by atoms with E-state index in [9.17, 15) is 19.2 Å². The number of aryl methyl sites for hydroxylation is 3. The maximum atomic E-state index is 12.9. The molecule has 0 saturated heterocycles. The molecule has 36 heavy (non-hydrogen) atoms. The zero-order chi connectivity index (χ0) is 26.6. The number of hydrogen-bond acceptors (Lipinski definition) is 5. The van der Waals surface area contributed by atoms with Gasteiger partial charge < -0.3 is 29.0 Å². The van der Waals surface area contributed by atoms with E-state index in [4.69, 9.17) is 5.26 Å². The molecule has 0 aromatic carbocycles. The molecule has 0 aliphatic heterocycles. The van der Waals surface area contributed by atoms with E-state index < -0.39 is 11.8 Å². The zero-order valence-corrected chi connectivity index (χ0v) is 22.2. The molecule has 2 N–H and O–H groups in total. The Kier molecular flexibility index (Phi) is 8.30. The number of rotatable bonds is 9. The summed E-state index contributed by atoms with van der Waals surface area (Å²) in [5, 5.41) is 14.2. The Balaban J connectivity index is 1.71. The average Bonchev–Trinajstić information content (AvgIpc) is 3.52. The van der Waals surface area contributed by atoms with Gasteiger partial charge in [0, 0.05) is 46.3 Å². The highest BCUT2D eigenvalue weighted by Gasteiger charge is 2.20. The lowest BCUT2D eigenvalue weighted by molar-refractivity contribution is -0.106. The standard InChI is InChI=1S/C22H26N8O4P2/c1-26-10-14(24-21(33)18-9-16(12-28(18)3)30(36)13-31)7-17(26)20(32)25-15-8-19(27(2)11-15)22(34)29(35)6-4-5-23/h7-13H,4,6,35-36H2,1-3H3,(H,24,33)(H,25,32). The van der Waals surface area contributed by atoms with E-state index in [0.717, 1.165) is 0 Å². The van der Waals surface area contributed by atoms with Crippen molar-refractivity contribution in [3.63, 3.8) is 0 Å². The van der Waals surface area contributed by atoms with Crippen molar-refractivity contribution in [2.75, 3.05) is 21.8 Å². The van der Waals surface area contributed by atoms with Crippen LogP contribution >= 0.6 is 18.8 Å². The topological polar surface area (TPSA) is 137 Å². The van der Waals surface area contributed by atoms with Crippen molar-refractivity contribution >= 4 is 60.0 Å². The minimum absolute atomic E-state index is 0.204. The molecule has 12 nitrogen and oxygen atoms in total. The molecular weight excluding hydrogens is 502 g/mol. The number of carbonyl (C=O) groups is 4. The minimum Gasteiger partial charge on any atom is -0.344 e. The van der Waals surface area contributed by atoms with E-state index in [1.807, 2.05) is 6.07 Å².